The molecule has 5 nitrogen and oxygen atoms in total. The fourth-order valence-electron chi connectivity index (χ4n) is 2.69. The number of carboxylic acids is 1. The molecule has 0 aliphatic rings. The first-order chi connectivity index (χ1) is 12.9. The average molecular weight is 388 g/mol. The molecule has 0 radical (unpaired) electrons. The van der Waals surface area contributed by atoms with Crippen LogP contribution in [0.15, 0.2) is 48.5 Å². The molecule has 1 N–H and O–H groups in total. The average Bonchev–Trinajstić information content (AvgIpc) is 2.63. The number of carboxylic acid groups (broad SMARTS) is 1. The topological polar surface area (TPSA) is 80.7 Å². The summed E-state index contributed by atoms with van der Waals surface area (Å²) in [5.41, 5.74) is 3.19. The number of rotatable bonds is 9. The number of carbonyl (C=O) groups is 2. The van der Waals surface area contributed by atoms with Crippen molar-refractivity contribution in [2.45, 2.75) is 37.7 Å². The molecular weight excluding hydrogens is 364 g/mol. The minimum atomic E-state index is -1.59. The van der Waals surface area contributed by atoms with Crippen molar-refractivity contribution in [2.75, 3.05) is 6.61 Å². The van der Waals surface area contributed by atoms with Crippen molar-refractivity contribution in [3.8, 4) is 0 Å². The Morgan fingerprint density at radius 3 is 2.44 bits per heavy atom. The van der Waals surface area contributed by atoms with Crippen LogP contribution in [0.4, 0.5) is 0 Å². The van der Waals surface area contributed by atoms with Gasteiger partial charge in [0.05, 0.1) is 12.2 Å². The third-order valence-corrected chi connectivity index (χ3v) is 5.85. The van der Waals surface area contributed by atoms with Gasteiger partial charge in [0.25, 0.3) is 0 Å². The Balaban J connectivity index is 2.04. The van der Waals surface area contributed by atoms with Crippen LogP contribution in [0.25, 0.3) is 0 Å². The van der Waals surface area contributed by atoms with Crippen molar-refractivity contribution in [2.24, 2.45) is 0 Å². The Hall–Kier alpha value is -2.47. The summed E-state index contributed by atoms with van der Waals surface area (Å²) in [5, 5.41) is 8.53. The molecule has 0 fully saturated rings. The Morgan fingerprint density at radius 1 is 1.11 bits per heavy atom. The van der Waals surface area contributed by atoms with E-state index in [0.29, 0.717) is 24.0 Å². The molecule has 2 aromatic carbocycles. The monoisotopic (exact) mass is 388 g/mol. The molecule has 0 spiro atoms. The van der Waals surface area contributed by atoms with E-state index in [1.807, 2.05) is 31.2 Å². The van der Waals surface area contributed by atoms with Crippen LogP contribution >= 0.6 is 0 Å². The zero-order chi connectivity index (χ0) is 19.8. The molecule has 6 heteroatoms. The van der Waals surface area contributed by atoms with E-state index >= 15 is 0 Å². The number of carbonyl (C=O) groups excluding carboxylic acids is 1. The van der Waals surface area contributed by atoms with E-state index < -0.39 is 28.0 Å². The molecule has 0 aromatic heterocycles. The van der Waals surface area contributed by atoms with Crippen LogP contribution in [0.1, 0.15) is 40.4 Å². The highest BCUT2D eigenvalue weighted by atomic mass is 32.2. The molecule has 0 saturated carbocycles. The number of aliphatic carboxylic acids is 1. The highest BCUT2D eigenvalue weighted by Crippen LogP contribution is 2.16. The van der Waals surface area contributed by atoms with Gasteiger partial charge in [-0.25, -0.2) is 4.79 Å². The smallest absolute Gasteiger partial charge is 0.338 e. The number of esters is 1. The van der Waals surface area contributed by atoms with E-state index in [1.54, 1.807) is 31.2 Å². The predicted molar refractivity (Wildman–Crippen MR) is 105 cm³/mol. The van der Waals surface area contributed by atoms with Gasteiger partial charge in [-0.15, -0.1) is 0 Å². The van der Waals surface area contributed by atoms with Crippen LogP contribution in [0, 0.1) is 6.92 Å². The molecule has 0 saturated heterocycles. The Bertz CT molecular complexity index is 814. The molecule has 0 aliphatic carbocycles. The number of benzene rings is 2. The summed E-state index contributed by atoms with van der Waals surface area (Å²) in [6.07, 6.45) is 0.842. The molecule has 2 rings (SSSR count). The van der Waals surface area contributed by atoms with Gasteiger partial charge in [-0.05, 0) is 49.9 Å². The van der Waals surface area contributed by atoms with Crippen molar-refractivity contribution in [3.05, 3.63) is 70.8 Å². The second-order valence-corrected chi connectivity index (χ2v) is 7.92. The first-order valence-corrected chi connectivity index (χ1v) is 10.2. The molecule has 2 atom stereocenters. The van der Waals surface area contributed by atoms with Gasteiger partial charge in [0.1, 0.15) is 5.25 Å². The zero-order valence-corrected chi connectivity index (χ0v) is 16.3. The first-order valence-electron chi connectivity index (χ1n) is 8.82. The van der Waals surface area contributed by atoms with Gasteiger partial charge in [-0.2, -0.15) is 0 Å². The van der Waals surface area contributed by atoms with E-state index in [0.717, 1.165) is 11.1 Å². The fourth-order valence-corrected chi connectivity index (χ4v) is 4.00. The molecule has 2 unspecified atom stereocenters. The van der Waals surface area contributed by atoms with Gasteiger partial charge >= 0.3 is 11.9 Å². The molecule has 0 amide bonds. The van der Waals surface area contributed by atoms with Gasteiger partial charge in [-0.3, -0.25) is 9.00 Å². The predicted octanol–water partition coefficient (Wildman–Crippen LogP) is 3.51. The van der Waals surface area contributed by atoms with E-state index in [2.05, 4.69) is 0 Å². The van der Waals surface area contributed by atoms with Crippen LogP contribution in [-0.2, 0) is 32.5 Å². The van der Waals surface area contributed by atoms with Crippen molar-refractivity contribution in [1.82, 2.24) is 0 Å². The van der Waals surface area contributed by atoms with Crippen LogP contribution in [-0.4, -0.2) is 33.1 Å². The summed E-state index contributed by atoms with van der Waals surface area (Å²) in [7, 11) is -1.59. The minimum absolute atomic E-state index is 0.0815. The molecule has 27 heavy (non-hydrogen) atoms. The summed E-state index contributed by atoms with van der Waals surface area (Å²) in [4.78, 5) is 23.4. The van der Waals surface area contributed by atoms with Gasteiger partial charge in [-0.1, -0.05) is 42.0 Å². The molecule has 2 aromatic rings. The van der Waals surface area contributed by atoms with Crippen LogP contribution in [0.2, 0.25) is 0 Å². The van der Waals surface area contributed by atoms with E-state index in [4.69, 9.17) is 4.74 Å². The second-order valence-electron chi connectivity index (χ2n) is 6.30. The SMILES string of the molecule is CCOC(=O)c1cccc(CS(=O)C(CCc2ccc(C)cc2)C(=O)O)c1. The highest BCUT2D eigenvalue weighted by Gasteiger charge is 2.25. The summed E-state index contributed by atoms with van der Waals surface area (Å²) >= 11 is 0. The molecule has 0 aliphatic heterocycles. The third kappa shape index (κ3) is 6.32. The van der Waals surface area contributed by atoms with E-state index in [-0.39, 0.29) is 12.4 Å². The first kappa shape index (κ1) is 20.8. The van der Waals surface area contributed by atoms with Crippen LogP contribution in [0.5, 0.6) is 0 Å². The van der Waals surface area contributed by atoms with Gasteiger partial charge in [0.2, 0.25) is 0 Å². The van der Waals surface area contributed by atoms with Crippen molar-refractivity contribution >= 4 is 22.7 Å². The Morgan fingerprint density at radius 2 is 1.81 bits per heavy atom. The van der Waals surface area contributed by atoms with Crippen LogP contribution < -0.4 is 0 Å². The third-order valence-electron chi connectivity index (χ3n) is 4.16. The maximum absolute atomic E-state index is 12.7. The lowest BCUT2D eigenvalue weighted by molar-refractivity contribution is -0.136. The molecule has 144 valence electrons. The van der Waals surface area contributed by atoms with Crippen molar-refractivity contribution in [1.29, 1.82) is 0 Å². The van der Waals surface area contributed by atoms with Crippen molar-refractivity contribution < 1.29 is 23.6 Å². The molecular formula is C21H24O5S. The minimum Gasteiger partial charge on any atom is -0.480 e. The number of ether oxygens (including phenoxy) is 1. The van der Waals surface area contributed by atoms with E-state index in [1.165, 1.54) is 0 Å². The largest absolute Gasteiger partial charge is 0.480 e. The zero-order valence-electron chi connectivity index (χ0n) is 15.5. The Kier molecular flexibility index (Phi) is 7.73. The highest BCUT2D eigenvalue weighted by molar-refractivity contribution is 7.85. The lowest BCUT2D eigenvalue weighted by Crippen LogP contribution is -2.27. The maximum atomic E-state index is 12.7. The summed E-state index contributed by atoms with van der Waals surface area (Å²) in [6.45, 7) is 3.99. The van der Waals surface area contributed by atoms with E-state index in [9.17, 15) is 18.9 Å². The standard InChI is InChI=1S/C21H24O5S/c1-3-26-21(24)18-6-4-5-17(13-18)14-27(25)19(20(22)23)12-11-16-9-7-15(2)8-10-16/h4-10,13,19H,3,11-12,14H2,1-2H3,(H,22,23). The number of hydrogen-bond acceptors (Lipinski definition) is 4. The van der Waals surface area contributed by atoms with Gasteiger partial charge < -0.3 is 9.84 Å². The Labute approximate surface area is 161 Å². The maximum Gasteiger partial charge on any atom is 0.338 e. The summed E-state index contributed by atoms with van der Waals surface area (Å²) < 4.78 is 17.6. The van der Waals surface area contributed by atoms with Crippen molar-refractivity contribution in [3.63, 3.8) is 0 Å². The lowest BCUT2D eigenvalue weighted by atomic mass is 10.1. The normalized spacial score (nSPS) is 13.0. The van der Waals surface area contributed by atoms with Crippen LogP contribution in [0.3, 0.4) is 0 Å². The second kappa shape index (κ2) is 10.0. The number of hydrogen-bond donors (Lipinski definition) is 1. The van der Waals surface area contributed by atoms with Gasteiger partial charge in [0, 0.05) is 16.6 Å². The summed E-state index contributed by atoms with van der Waals surface area (Å²) in [5.74, 6) is -1.43. The molecule has 0 heterocycles. The van der Waals surface area contributed by atoms with Gasteiger partial charge in [0.15, 0.2) is 0 Å². The number of aryl methyl sites for hydroxylation is 2. The quantitative estimate of drug-likeness (QED) is 0.665. The summed E-state index contributed by atoms with van der Waals surface area (Å²) in [6, 6.07) is 14.5. The fraction of sp³-hybridized carbons (Fsp3) is 0.333. The lowest BCUT2D eigenvalue weighted by Gasteiger charge is -2.13. The molecule has 0 bridgehead atoms.